The Labute approximate surface area is 167 Å². The highest BCUT2D eigenvalue weighted by molar-refractivity contribution is 6.09. The van der Waals surface area contributed by atoms with E-state index in [4.69, 9.17) is 9.47 Å². The molecule has 5 rings (SSSR count). The van der Waals surface area contributed by atoms with Gasteiger partial charge < -0.3 is 19.7 Å². The molecule has 0 spiro atoms. The number of anilines is 1. The molecular formula is C21H20N4O4. The van der Waals surface area contributed by atoms with Crippen LogP contribution in [0.1, 0.15) is 40.4 Å². The summed E-state index contributed by atoms with van der Waals surface area (Å²) in [6.07, 6.45) is 4.88. The van der Waals surface area contributed by atoms with Crippen LogP contribution in [0.3, 0.4) is 0 Å². The lowest BCUT2D eigenvalue weighted by atomic mass is 10.1. The molecule has 29 heavy (non-hydrogen) atoms. The van der Waals surface area contributed by atoms with Gasteiger partial charge in [0.05, 0.1) is 5.52 Å². The van der Waals surface area contributed by atoms with Crippen LogP contribution in [0.4, 0.5) is 5.69 Å². The Hall–Kier alpha value is -3.55. The fourth-order valence-electron chi connectivity index (χ4n) is 3.76. The summed E-state index contributed by atoms with van der Waals surface area (Å²) in [5.74, 6) is 0.958. The Morgan fingerprint density at radius 1 is 1.00 bits per heavy atom. The molecule has 8 nitrogen and oxygen atoms in total. The number of amides is 2. The highest BCUT2D eigenvalue weighted by atomic mass is 16.7. The Morgan fingerprint density at radius 2 is 1.83 bits per heavy atom. The quantitative estimate of drug-likeness (QED) is 0.741. The number of piperidine rings is 1. The molecule has 1 N–H and O–H groups in total. The van der Waals surface area contributed by atoms with E-state index in [0.717, 1.165) is 32.4 Å². The van der Waals surface area contributed by atoms with Crippen LogP contribution in [-0.4, -0.2) is 46.0 Å². The lowest BCUT2D eigenvalue weighted by molar-refractivity contribution is 0.0711. The van der Waals surface area contributed by atoms with Gasteiger partial charge >= 0.3 is 0 Å². The molecule has 2 aromatic heterocycles. The molecule has 2 aliphatic rings. The number of hydrogen-bond donors (Lipinski definition) is 1. The second kappa shape index (κ2) is 7.12. The average Bonchev–Trinajstić information content (AvgIpc) is 3.38. The van der Waals surface area contributed by atoms with Crippen LogP contribution in [0.2, 0.25) is 0 Å². The molecule has 0 radical (unpaired) electrons. The predicted octanol–water partition coefficient (Wildman–Crippen LogP) is 2.94. The third-order valence-electron chi connectivity index (χ3n) is 5.23. The summed E-state index contributed by atoms with van der Waals surface area (Å²) in [5, 5.41) is 2.84. The zero-order valence-corrected chi connectivity index (χ0v) is 15.8. The van der Waals surface area contributed by atoms with Crippen molar-refractivity contribution in [1.29, 1.82) is 0 Å². The summed E-state index contributed by atoms with van der Waals surface area (Å²) in [4.78, 5) is 32.2. The first-order chi connectivity index (χ1) is 14.2. The normalized spacial score (nSPS) is 15.5. The summed E-state index contributed by atoms with van der Waals surface area (Å²) < 4.78 is 12.3. The van der Waals surface area contributed by atoms with Crippen LogP contribution < -0.4 is 14.8 Å². The van der Waals surface area contributed by atoms with Crippen molar-refractivity contribution < 1.29 is 19.1 Å². The standard InChI is InChI=1S/C21H20N4O4/c26-20(22-14-7-8-16-17(12-14)29-13-28-16)18-15-6-2-5-11-25(15)19(23-18)21(27)24-9-3-1-4-10-24/h2,5-8,11-12H,1,3-4,9-10,13H2,(H,22,26). The largest absolute Gasteiger partial charge is 0.454 e. The van der Waals surface area contributed by atoms with Crippen molar-refractivity contribution >= 4 is 23.0 Å². The third-order valence-corrected chi connectivity index (χ3v) is 5.23. The number of fused-ring (bicyclic) bond motifs is 2. The first-order valence-electron chi connectivity index (χ1n) is 9.68. The number of ether oxygens (including phenoxy) is 2. The van der Waals surface area contributed by atoms with E-state index >= 15 is 0 Å². The van der Waals surface area contributed by atoms with E-state index in [-0.39, 0.29) is 30.1 Å². The molecule has 0 unspecified atom stereocenters. The summed E-state index contributed by atoms with van der Waals surface area (Å²) in [6, 6.07) is 10.6. The topological polar surface area (TPSA) is 85.2 Å². The number of benzene rings is 1. The minimum atomic E-state index is -0.384. The van der Waals surface area contributed by atoms with Gasteiger partial charge in [-0.1, -0.05) is 6.07 Å². The lowest BCUT2D eigenvalue weighted by Gasteiger charge is -2.25. The average molecular weight is 392 g/mol. The highest BCUT2D eigenvalue weighted by Crippen LogP contribution is 2.34. The molecule has 0 saturated carbocycles. The number of aromatic nitrogens is 2. The van der Waals surface area contributed by atoms with E-state index in [1.807, 2.05) is 17.0 Å². The number of carbonyl (C=O) groups is 2. The van der Waals surface area contributed by atoms with Crippen molar-refractivity contribution in [2.75, 3.05) is 25.2 Å². The first kappa shape index (κ1) is 17.5. The van der Waals surface area contributed by atoms with Gasteiger partial charge in [-0.05, 0) is 43.5 Å². The van der Waals surface area contributed by atoms with E-state index in [9.17, 15) is 9.59 Å². The molecule has 1 fully saturated rings. The minimum Gasteiger partial charge on any atom is -0.454 e. The van der Waals surface area contributed by atoms with Crippen molar-refractivity contribution in [3.05, 3.63) is 54.1 Å². The Kier molecular flexibility index (Phi) is 4.31. The third kappa shape index (κ3) is 3.16. The van der Waals surface area contributed by atoms with Crippen molar-refractivity contribution in [3.63, 3.8) is 0 Å². The van der Waals surface area contributed by atoms with Gasteiger partial charge in [-0.15, -0.1) is 0 Å². The number of imidazole rings is 1. The summed E-state index contributed by atoms with van der Waals surface area (Å²) in [6.45, 7) is 1.61. The van der Waals surface area contributed by atoms with Gasteiger partial charge in [-0.2, -0.15) is 0 Å². The zero-order chi connectivity index (χ0) is 19.8. The zero-order valence-electron chi connectivity index (χ0n) is 15.8. The minimum absolute atomic E-state index is 0.145. The summed E-state index contributed by atoms with van der Waals surface area (Å²) in [5.41, 5.74) is 1.37. The molecule has 2 aliphatic heterocycles. The molecule has 2 amide bonds. The molecule has 148 valence electrons. The number of pyridine rings is 1. The Balaban J connectivity index is 1.46. The van der Waals surface area contributed by atoms with E-state index in [1.165, 1.54) is 0 Å². The Bertz CT molecular complexity index is 1100. The lowest BCUT2D eigenvalue weighted by Crippen LogP contribution is -2.36. The van der Waals surface area contributed by atoms with E-state index < -0.39 is 0 Å². The van der Waals surface area contributed by atoms with E-state index in [0.29, 0.717) is 22.7 Å². The van der Waals surface area contributed by atoms with Crippen LogP contribution in [-0.2, 0) is 0 Å². The fraction of sp³-hybridized carbons (Fsp3) is 0.286. The van der Waals surface area contributed by atoms with Crippen molar-refractivity contribution in [2.45, 2.75) is 19.3 Å². The van der Waals surface area contributed by atoms with Gasteiger partial charge in [-0.25, -0.2) is 4.98 Å². The van der Waals surface area contributed by atoms with Crippen molar-refractivity contribution in [1.82, 2.24) is 14.3 Å². The van der Waals surface area contributed by atoms with Crippen LogP contribution in [0.5, 0.6) is 11.5 Å². The smallest absolute Gasteiger partial charge is 0.290 e. The second-order valence-electron chi connectivity index (χ2n) is 7.11. The maximum absolute atomic E-state index is 13.0. The number of nitrogens with one attached hydrogen (secondary N) is 1. The monoisotopic (exact) mass is 392 g/mol. The molecule has 8 heteroatoms. The number of nitrogens with zero attached hydrogens (tertiary/aromatic N) is 3. The maximum atomic E-state index is 13.0. The molecule has 1 aromatic carbocycles. The second-order valence-corrected chi connectivity index (χ2v) is 7.11. The maximum Gasteiger partial charge on any atom is 0.290 e. The number of carbonyl (C=O) groups excluding carboxylic acids is 2. The van der Waals surface area contributed by atoms with Gasteiger partial charge in [-0.3, -0.25) is 14.0 Å². The van der Waals surface area contributed by atoms with Gasteiger partial charge in [0.1, 0.15) is 0 Å². The summed E-state index contributed by atoms with van der Waals surface area (Å²) in [7, 11) is 0. The molecule has 0 aliphatic carbocycles. The molecule has 0 atom stereocenters. The predicted molar refractivity (Wildman–Crippen MR) is 105 cm³/mol. The number of hydrogen-bond acceptors (Lipinski definition) is 5. The first-order valence-corrected chi connectivity index (χ1v) is 9.68. The van der Waals surface area contributed by atoms with E-state index in [1.54, 1.807) is 34.9 Å². The molecular weight excluding hydrogens is 372 g/mol. The van der Waals surface area contributed by atoms with Crippen molar-refractivity contribution in [3.8, 4) is 11.5 Å². The molecule has 0 bridgehead atoms. The van der Waals surface area contributed by atoms with Crippen LogP contribution >= 0.6 is 0 Å². The molecule has 4 heterocycles. The number of likely N-dealkylation sites (tertiary alicyclic amines) is 1. The van der Waals surface area contributed by atoms with Crippen LogP contribution in [0, 0.1) is 0 Å². The Morgan fingerprint density at radius 3 is 2.69 bits per heavy atom. The van der Waals surface area contributed by atoms with E-state index in [2.05, 4.69) is 10.3 Å². The highest BCUT2D eigenvalue weighted by Gasteiger charge is 2.26. The van der Waals surface area contributed by atoms with Crippen LogP contribution in [0.15, 0.2) is 42.6 Å². The number of rotatable bonds is 3. The SMILES string of the molecule is O=C(Nc1ccc2c(c1)OCO2)c1nc(C(=O)N2CCCCC2)n2ccccc12. The fourth-order valence-corrected chi connectivity index (χ4v) is 3.76. The van der Waals surface area contributed by atoms with Gasteiger partial charge in [0.2, 0.25) is 12.6 Å². The van der Waals surface area contributed by atoms with Crippen LogP contribution in [0.25, 0.3) is 5.52 Å². The summed E-state index contributed by atoms with van der Waals surface area (Å²) >= 11 is 0. The molecule has 1 saturated heterocycles. The van der Waals surface area contributed by atoms with Gasteiger partial charge in [0, 0.05) is 31.0 Å². The van der Waals surface area contributed by atoms with Crippen molar-refractivity contribution in [2.24, 2.45) is 0 Å². The van der Waals surface area contributed by atoms with Gasteiger partial charge in [0.15, 0.2) is 17.2 Å². The molecule has 3 aromatic rings. The van der Waals surface area contributed by atoms with Gasteiger partial charge in [0.25, 0.3) is 11.8 Å².